The Hall–Kier alpha value is -1.69. The van der Waals surface area contributed by atoms with E-state index < -0.39 is 11.6 Å². The molecule has 0 aliphatic carbocycles. The van der Waals surface area contributed by atoms with Crippen molar-refractivity contribution in [3.05, 3.63) is 35.4 Å². The quantitative estimate of drug-likeness (QED) is 0.881. The number of nitrogens with two attached hydrogens (primary N) is 1. The van der Waals surface area contributed by atoms with Gasteiger partial charge in [0.25, 0.3) is 0 Å². The molecule has 2 N–H and O–H groups in total. The highest BCUT2D eigenvalue weighted by atomic mass is 19.1. The fraction of sp³-hybridized carbons (Fsp3) is 0.417. The smallest absolute Gasteiger partial charge is 0.192 e. The van der Waals surface area contributed by atoms with Gasteiger partial charge in [-0.05, 0) is 18.2 Å². The van der Waals surface area contributed by atoms with E-state index >= 15 is 0 Å². The van der Waals surface area contributed by atoms with E-state index in [2.05, 4.69) is 4.99 Å². The monoisotopic (exact) mass is 255 g/mol. The van der Waals surface area contributed by atoms with E-state index in [4.69, 9.17) is 10.5 Å². The molecule has 1 heterocycles. The van der Waals surface area contributed by atoms with Gasteiger partial charge in [0.15, 0.2) is 5.96 Å². The largest absolute Gasteiger partial charge is 0.383 e. The van der Waals surface area contributed by atoms with E-state index in [-0.39, 0.29) is 11.6 Å². The Morgan fingerprint density at radius 3 is 3.00 bits per heavy atom. The average molecular weight is 255 g/mol. The maximum Gasteiger partial charge on any atom is 0.192 e. The van der Waals surface area contributed by atoms with Crippen molar-refractivity contribution < 1.29 is 13.5 Å². The molecule has 1 aromatic carbocycles. The number of halogens is 2. The van der Waals surface area contributed by atoms with Crippen LogP contribution >= 0.6 is 0 Å². The predicted molar refractivity (Wildman–Crippen MR) is 64.2 cm³/mol. The molecule has 98 valence electrons. The molecule has 0 aromatic heterocycles. The van der Waals surface area contributed by atoms with E-state index in [1.165, 1.54) is 6.07 Å². The number of methoxy groups -OCH3 is 1. The number of ether oxygens (including phenoxy) is 1. The molecular formula is C12H15F2N3O. The van der Waals surface area contributed by atoms with E-state index in [1.54, 1.807) is 12.0 Å². The van der Waals surface area contributed by atoms with Crippen LogP contribution in [0.1, 0.15) is 11.6 Å². The molecule has 1 aliphatic heterocycles. The molecular weight excluding hydrogens is 240 g/mol. The molecule has 0 amide bonds. The Morgan fingerprint density at radius 1 is 1.50 bits per heavy atom. The number of hydrogen-bond donors (Lipinski definition) is 1. The number of aliphatic imine (C=N–C) groups is 1. The summed E-state index contributed by atoms with van der Waals surface area (Å²) in [5.41, 5.74) is 6.01. The van der Waals surface area contributed by atoms with Gasteiger partial charge in [0, 0.05) is 19.2 Å². The van der Waals surface area contributed by atoms with E-state index in [0.29, 0.717) is 25.7 Å². The standard InChI is InChI=1S/C12H15F2N3O/c1-18-5-4-17-11(7-16-12(17)15)9-6-8(13)2-3-10(9)14/h2-3,6,11H,4-5,7H2,1H3,(H2,15,16). The third-order valence-corrected chi connectivity index (χ3v) is 2.95. The molecule has 18 heavy (non-hydrogen) atoms. The van der Waals surface area contributed by atoms with E-state index in [0.717, 1.165) is 12.1 Å². The van der Waals surface area contributed by atoms with Gasteiger partial charge < -0.3 is 15.4 Å². The average Bonchev–Trinajstić information content (AvgIpc) is 2.71. The molecule has 4 nitrogen and oxygen atoms in total. The second-order valence-electron chi connectivity index (χ2n) is 4.07. The van der Waals surface area contributed by atoms with Crippen molar-refractivity contribution in [2.75, 3.05) is 26.8 Å². The zero-order valence-electron chi connectivity index (χ0n) is 10.1. The van der Waals surface area contributed by atoms with Crippen LogP contribution in [0.3, 0.4) is 0 Å². The number of nitrogens with zero attached hydrogens (tertiary/aromatic N) is 2. The number of guanidine groups is 1. The summed E-state index contributed by atoms with van der Waals surface area (Å²) in [7, 11) is 1.57. The third kappa shape index (κ3) is 2.43. The SMILES string of the molecule is COCCN1C(N)=NCC1c1cc(F)ccc1F. The molecule has 0 saturated carbocycles. The van der Waals surface area contributed by atoms with Gasteiger partial charge in [0.2, 0.25) is 0 Å². The van der Waals surface area contributed by atoms with E-state index in [1.807, 2.05) is 0 Å². The van der Waals surface area contributed by atoms with Gasteiger partial charge in [-0.15, -0.1) is 0 Å². The molecule has 1 atom stereocenters. The van der Waals surface area contributed by atoms with Gasteiger partial charge in [-0.2, -0.15) is 0 Å². The molecule has 2 rings (SSSR count). The van der Waals surface area contributed by atoms with Crippen molar-refractivity contribution >= 4 is 5.96 Å². The first-order valence-corrected chi connectivity index (χ1v) is 5.64. The Balaban J connectivity index is 2.24. The molecule has 0 fully saturated rings. The maximum absolute atomic E-state index is 13.7. The molecule has 6 heteroatoms. The second kappa shape index (κ2) is 5.30. The summed E-state index contributed by atoms with van der Waals surface area (Å²) in [6.45, 7) is 1.27. The number of rotatable bonds is 4. The Morgan fingerprint density at radius 2 is 2.28 bits per heavy atom. The highest BCUT2D eigenvalue weighted by Gasteiger charge is 2.29. The van der Waals surface area contributed by atoms with E-state index in [9.17, 15) is 8.78 Å². The molecule has 0 bridgehead atoms. The summed E-state index contributed by atoms with van der Waals surface area (Å²) < 4.78 is 31.9. The van der Waals surface area contributed by atoms with Gasteiger partial charge >= 0.3 is 0 Å². The number of benzene rings is 1. The summed E-state index contributed by atoms with van der Waals surface area (Å²) in [5, 5.41) is 0. The summed E-state index contributed by atoms with van der Waals surface area (Å²) >= 11 is 0. The first-order chi connectivity index (χ1) is 8.63. The molecule has 1 unspecified atom stereocenters. The summed E-state index contributed by atoms with van der Waals surface area (Å²) in [4.78, 5) is 5.80. The van der Waals surface area contributed by atoms with Crippen LogP contribution in [0.2, 0.25) is 0 Å². The normalized spacial score (nSPS) is 19.2. The fourth-order valence-corrected chi connectivity index (χ4v) is 2.03. The Labute approximate surface area is 104 Å². The molecule has 1 aliphatic rings. The first-order valence-electron chi connectivity index (χ1n) is 5.64. The Bertz CT molecular complexity index is 465. The van der Waals surface area contributed by atoms with Crippen LogP contribution in [0.15, 0.2) is 23.2 Å². The van der Waals surface area contributed by atoms with Gasteiger partial charge in [-0.3, -0.25) is 4.99 Å². The minimum Gasteiger partial charge on any atom is -0.383 e. The van der Waals surface area contributed by atoms with Gasteiger partial charge in [0.05, 0.1) is 19.2 Å². The second-order valence-corrected chi connectivity index (χ2v) is 4.07. The molecule has 1 aromatic rings. The summed E-state index contributed by atoms with van der Waals surface area (Å²) in [5.74, 6) is -0.585. The Kier molecular flexibility index (Phi) is 3.76. The maximum atomic E-state index is 13.7. The van der Waals surface area contributed by atoms with Crippen molar-refractivity contribution in [2.24, 2.45) is 10.7 Å². The van der Waals surface area contributed by atoms with Crippen LogP contribution in [0, 0.1) is 11.6 Å². The van der Waals surface area contributed by atoms with Crippen molar-refractivity contribution in [2.45, 2.75) is 6.04 Å². The van der Waals surface area contributed by atoms with Crippen molar-refractivity contribution in [1.82, 2.24) is 4.90 Å². The zero-order chi connectivity index (χ0) is 13.1. The van der Waals surface area contributed by atoms with Gasteiger partial charge in [0.1, 0.15) is 11.6 Å². The van der Waals surface area contributed by atoms with Crippen molar-refractivity contribution in [3.8, 4) is 0 Å². The van der Waals surface area contributed by atoms with Crippen LogP contribution in [0.25, 0.3) is 0 Å². The third-order valence-electron chi connectivity index (χ3n) is 2.95. The predicted octanol–water partition coefficient (Wildman–Crippen LogP) is 1.28. The fourth-order valence-electron chi connectivity index (χ4n) is 2.03. The topological polar surface area (TPSA) is 50.9 Å². The zero-order valence-corrected chi connectivity index (χ0v) is 10.1. The number of hydrogen-bond acceptors (Lipinski definition) is 4. The highest BCUT2D eigenvalue weighted by molar-refractivity contribution is 5.80. The highest BCUT2D eigenvalue weighted by Crippen LogP contribution is 2.27. The van der Waals surface area contributed by atoms with Crippen LogP contribution in [-0.4, -0.2) is 37.7 Å². The lowest BCUT2D eigenvalue weighted by Crippen LogP contribution is -2.38. The van der Waals surface area contributed by atoms with Gasteiger partial charge in [-0.1, -0.05) is 0 Å². The molecule has 0 spiro atoms. The summed E-state index contributed by atoms with van der Waals surface area (Å²) in [6, 6.07) is 3.04. The van der Waals surface area contributed by atoms with Crippen LogP contribution in [0.4, 0.5) is 8.78 Å². The lowest BCUT2D eigenvalue weighted by Gasteiger charge is -2.26. The van der Waals surface area contributed by atoms with Crippen LogP contribution < -0.4 is 5.73 Å². The molecule has 0 radical (unpaired) electrons. The molecule has 0 saturated heterocycles. The van der Waals surface area contributed by atoms with Gasteiger partial charge in [-0.25, -0.2) is 8.78 Å². The van der Waals surface area contributed by atoms with Crippen molar-refractivity contribution in [3.63, 3.8) is 0 Å². The van der Waals surface area contributed by atoms with Crippen LogP contribution in [0.5, 0.6) is 0 Å². The van der Waals surface area contributed by atoms with Crippen LogP contribution in [-0.2, 0) is 4.74 Å². The minimum atomic E-state index is -0.469. The first kappa shape index (κ1) is 12.8. The lowest BCUT2D eigenvalue weighted by molar-refractivity contribution is 0.166. The summed E-state index contributed by atoms with van der Waals surface area (Å²) in [6.07, 6.45) is 0. The van der Waals surface area contributed by atoms with Crippen molar-refractivity contribution in [1.29, 1.82) is 0 Å². The lowest BCUT2D eigenvalue weighted by atomic mass is 10.1. The minimum absolute atomic E-state index is 0.273.